The highest BCUT2D eigenvalue weighted by atomic mass is 19.1. The van der Waals surface area contributed by atoms with Gasteiger partial charge in [0.05, 0.1) is 5.69 Å². The summed E-state index contributed by atoms with van der Waals surface area (Å²) in [7, 11) is 0. The lowest BCUT2D eigenvalue weighted by Gasteiger charge is -2.34. The third kappa shape index (κ3) is 5.46. The van der Waals surface area contributed by atoms with Gasteiger partial charge in [-0.1, -0.05) is 44.2 Å². The molecule has 0 unspecified atom stereocenters. The molecule has 2 amide bonds. The molecule has 3 aromatic rings. The van der Waals surface area contributed by atoms with E-state index in [9.17, 15) is 14.0 Å². The molecule has 2 heterocycles. The largest absolute Gasteiger partial charge is 0.335 e. The molecule has 0 atom stereocenters. The molecule has 1 fully saturated rings. The van der Waals surface area contributed by atoms with Crippen LogP contribution in [0.3, 0.4) is 0 Å². The summed E-state index contributed by atoms with van der Waals surface area (Å²) in [4.78, 5) is 29.5. The number of hydrogen-bond acceptors (Lipinski definition) is 4. The SMILES string of the molecule is CC(C)C(=O)Nc1cc(C(=O)N2CCN(Cc3ccc(F)cc3)CC2)nn1-c1ccccc1. The van der Waals surface area contributed by atoms with E-state index < -0.39 is 0 Å². The third-order valence-corrected chi connectivity index (χ3v) is 5.68. The number of amides is 2. The molecular weight excluding hydrogens is 421 g/mol. The van der Waals surface area contributed by atoms with E-state index in [1.54, 1.807) is 27.8 Å². The van der Waals surface area contributed by atoms with E-state index in [0.29, 0.717) is 24.6 Å². The van der Waals surface area contributed by atoms with Crippen LogP contribution in [0.15, 0.2) is 60.7 Å². The van der Waals surface area contributed by atoms with Crippen LogP contribution in [0.1, 0.15) is 29.9 Å². The second-order valence-electron chi connectivity index (χ2n) is 8.50. The number of carbonyl (C=O) groups is 2. The van der Waals surface area contributed by atoms with Crippen molar-refractivity contribution in [3.63, 3.8) is 0 Å². The van der Waals surface area contributed by atoms with Gasteiger partial charge < -0.3 is 10.2 Å². The molecule has 0 bridgehead atoms. The highest BCUT2D eigenvalue weighted by Gasteiger charge is 2.26. The van der Waals surface area contributed by atoms with E-state index in [2.05, 4.69) is 15.3 Å². The Labute approximate surface area is 192 Å². The lowest BCUT2D eigenvalue weighted by molar-refractivity contribution is -0.118. The van der Waals surface area contributed by atoms with Gasteiger partial charge in [-0.3, -0.25) is 14.5 Å². The normalized spacial score (nSPS) is 14.5. The van der Waals surface area contributed by atoms with Gasteiger partial charge in [-0.2, -0.15) is 5.10 Å². The highest BCUT2D eigenvalue weighted by molar-refractivity contribution is 5.96. The van der Waals surface area contributed by atoms with E-state index in [0.717, 1.165) is 30.9 Å². The van der Waals surface area contributed by atoms with Crippen molar-refractivity contribution in [2.75, 3.05) is 31.5 Å². The number of halogens is 1. The summed E-state index contributed by atoms with van der Waals surface area (Å²) < 4.78 is 14.7. The van der Waals surface area contributed by atoms with Gasteiger partial charge in [-0.25, -0.2) is 9.07 Å². The van der Waals surface area contributed by atoms with E-state index in [1.165, 1.54) is 12.1 Å². The number of aromatic nitrogens is 2. The number of anilines is 1. The van der Waals surface area contributed by atoms with E-state index in [1.807, 2.05) is 44.2 Å². The van der Waals surface area contributed by atoms with Crippen LogP contribution in [0.4, 0.5) is 10.2 Å². The van der Waals surface area contributed by atoms with Gasteiger partial charge in [-0.05, 0) is 29.8 Å². The summed E-state index contributed by atoms with van der Waals surface area (Å²) in [6.45, 7) is 6.94. The van der Waals surface area contributed by atoms with Crippen LogP contribution in [0.5, 0.6) is 0 Å². The maximum atomic E-state index is 13.2. The van der Waals surface area contributed by atoms with Crippen LogP contribution in [-0.4, -0.2) is 57.6 Å². The fourth-order valence-corrected chi connectivity index (χ4v) is 3.73. The summed E-state index contributed by atoms with van der Waals surface area (Å²) >= 11 is 0. The zero-order valence-electron chi connectivity index (χ0n) is 18.9. The zero-order valence-corrected chi connectivity index (χ0v) is 18.9. The smallest absolute Gasteiger partial charge is 0.274 e. The zero-order chi connectivity index (χ0) is 23.4. The maximum Gasteiger partial charge on any atom is 0.274 e. The Morgan fingerprint density at radius 1 is 1.00 bits per heavy atom. The molecule has 1 aliphatic rings. The number of para-hydroxylation sites is 1. The predicted molar refractivity (Wildman–Crippen MR) is 125 cm³/mol. The number of rotatable bonds is 6. The average molecular weight is 450 g/mol. The molecule has 1 aromatic heterocycles. The summed E-state index contributed by atoms with van der Waals surface area (Å²) in [5.41, 5.74) is 2.10. The molecule has 2 aromatic carbocycles. The number of nitrogens with one attached hydrogen (secondary N) is 1. The Morgan fingerprint density at radius 2 is 1.67 bits per heavy atom. The lowest BCUT2D eigenvalue weighted by atomic mass is 10.2. The first kappa shape index (κ1) is 22.7. The summed E-state index contributed by atoms with van der Waals surface area (Å²) in [5, 5.41) is 7.41. The van der Waals surface area contributed by atoms with E-state index in [-0.39, 0.29) is 23.5 Å². The topological polar surface area (TPSA) is 70.5 Å². The maximum absolute atomic E-state index is 13.2. The van der Waals surface area contributed by atoms with Crippen LogP contribution >= 0.6 is 0 Å². The number of nitrogens with zero attached hydrogens (tertiary/aromatic N) is 4. The highest BCUT2D eigenvalue weighted by Crippen LogP contribution is 2.20. The fourth-order valence-electron chi connectivity index (χ4n) is 3.73. The first-order chi connectivity index (χ1) is 15.9. The third-order valence-electron chi connectivity index (χ3n) is 5.68. The molecule has 0 saturated carbocycles. The minimum absolute atomic E-state index is 0.138. The first-order valence-corrected chi connectivity index (χ1v) is 11.1. The molecule has 1 saturated heterocycles. The van der Waals surface area contributed by atoms with Gasteiger partial charge in [0.25, 0.3) is 5.91 Å². The lowest BCUT2D eigenvalue weighted by Crippen LogP contribution is -2.48. The van der Waals surface area contributed by atoms with Crippen molar-refractivity contribution >= 4 is 17.6 Å². The Hall–Kier alpha value is -3.52. The molecule has 4 rings (SSSR count). The minimum Gasteiger partial charge on any atom is -0.335 e. The van der Waals surface area contributed by atoms with Crippen LogP contribution in [0.25, 0.3) is 5.69 Å². The molecule has 0 spiro atoms. The molecule has 0 aliphatic carbocycles. The van der Waals surface area contributed by atoms with Gasteiger partial charge in [-0.15, -0.1) is 0 Å². The number of piperazine rings is 1. The van der Waals surface area contributed by atoms with Crippen LogP contribution in [0.2, 0.25) is 0 Å². The Bertz CT molecular complexity index is 1100. The van der Waals surface area contributed by atoms with Crippen molar-refractivity contribution in [3.05, 3.63) is 77.7 Å². The second kappa shape index (κ2) is 9.95. The molecule has 1 N–H and O–H groups in total. The summed E-state index contributed by atoms with van der Waals surface area (Å²) in [6, 6.07) is 17.6. The first-order valence-electron chi connectivity index (χ1n) is 11.1. The standard InChI is InChI=1S/C25H28FN5O2/c1-18(2)24(32)27-23-16-22(28-31(23)21-6-4-3-5-7-21)25(33)30-14-12-29(13-15-30)17-19-8-10-20(26)11-9-19/h3-11,16,18H,12-15,17H2,1-2H3,(H,27,32). The molecule has 8 heteroatoms. The van der Waals surface area contributed by atoms with Crippen molar-refractivity contribution in [3.8, 4) is 5.69 Å². The van der Waals surface area contributed by atoms with Gasteiger partial charge in [0, 0.05) is 44.7 Å². The number of carbonyl (C=O) groups excluding carboxylic acids is 2. The summed E-state index contributed by atoms with van der Waals surface area (Å²) in [5.74, 6) is -0.268. The van der Waals surface area contributed by atoms with Gasteiger partial charge >= 0.3 is 0 Å². The molecule has 33 heavy (non-hydrogen) atoms. The predicted octanol–water partition coefficient (Wildman–Crippen LogP) is 3.56. The van der Waals surface area contributed by atoms with Crippen molar-refractivity contribution in [1.29, 1.82) is 0 Å². The quantitative estimate of drug-likeness (QED) is 0.625. The Morgan fingerprint density at radius 3 is 2.30 bits per heavy atom. The van der Waals surface area contributed by atoms with Crippen molar-refractivity contribution in [2.45, 2.75) is 20.4 Å². The molecule has 1 aliphatic heterocycles. The molecule has 0 radical (unpaired) electrons. The molecular formula is C25H28FN5O2. The van der Waals surface area contributed by atoms with Crippen molar-refractivity contribution in [2.24, 2.45) is 5.92 Å². The van der Waals surface area contributed by atoms with Gasteiger partial charge in [0.15, 0.2) is 5.69 Å². The van der Waals surface area contributed by atoms with Crippen molar-refractivity contribution in [1.82, 2.24) is 19.6 Å². The van der Waals surface area contributed by atoms with Gasteiger partial charge in [0.1, 0.15) is 11.6 Å². The fraction of sp³-hybridized carbons (Fsp3) is 0.320. The number of benzene rings is 2. The van der Waals surface area contributed by atoms with E-state index in [4.69, 9.17) is 0 Å². The molecule has 172 valence electrons. The summed E-state index contributed by atoms with van der Waals surface area (Å²) in [6.07, 6.45) is 0. The van der Waals surface area contributed by atoms with Crippen molar-refractivity contribution < 1.29 is 14.0 Å². The molecule has 7 nitrogen and oxygen atoms in total. The minimum atomic E-state index is -0.243. The Balaban J connectivity index is 1.46. The monoisotopic (exact) mass is 449 g/mol. The number of hydrogen-bond donors (Lipinski definition) is 1. The van der Waals surface area contributed by atoms with Crippen LogP contribution in [-0.2, 0) is 11.3 Å². The van der Waals surface area contributed by atoms with Crippen LogP contribution < -0.4 is 5.32 Å². The Kier molecular flexibility index (Phi) is 6.84. The van der Waals surface area contributed by atoms with Crippen LogP contribution in [0, 0.1) is 11.7 Å². The average Bonchev–Trinajstić information content (AvgIpc) is 3.25. The van der Waals surface area contributed by atoms with Gasteiger partial charge in [0.2, 0.25) is 5.91 Å². The second-order valence-corrected chi connectivity index (χ2v) is 8.50. The van der Waals surface area contributed by atoms with E-state index >= 15 is 0 Å².